The van der Waals surface area contributed by atoms with Gasteiger partial charge in [0.1, 0.15) is 5.82 Å². The maximum Gasteiger partial charge on any atom is 0.254 e. The Kier molecular flexibility index (Phi) is 4.35. The summed E-state index contributed by atoms with van der Waals surface area (Å²) >= 11 is 0. The van der Waals surface area contributed by atoms with Gasteiger partial charge in [-0.25, -0.2) is 4.39 Å². The lowest BCUT2D eigenvalue weighted by Gasteiger charge is -2.27. The first kappa shape index (κ1) is 16.3. The Bertz CT molecular complexity index is 946. The topological polar surface area (TPSA) is 49.0 Å². The smallest absolute Gasteiger partial charge is 0.254 e. The van der Waals surface area contributed by atoms with Crippen molar-refractivity contribution in [2.75, 3.05) is 13.1 Å². The van der Waals surface area contributed by atoms with Gasteiger partial charge in [-0.2, -0.15) is 5.10 Å². The highest BCUT2D eigenvalue weighted by molar-refractivity contribution is 5.96. The first-order valence-corrected chi connectivity index (χ1v) is 8.55. The third-order valence-electron chi connectivity index (χ3n) is 4.63. The second kappa shape index (κ2) is 6.96. The van der Waals surface area contributed by atoms with Crippen LogP contribution in [0.5, 0.6) is 0 Å². The van der Waals surface area contributed by atoms with Gasteiger partial charge in [0, 0.05) is 30.4 Å². The summed E-state index contributed by atoms with van der Waals surface area (Å²) in [6.07, 6.45) is 4.50. The molecule has 130 valence electrons. The molecular formula is C21H18FN3O. The summed E-state index contributed by atoms with van der Waals surface area (Å²) in [4.78, 5) is 14.7. The zero-order chi connectivity index (χ0) is 17.9. The Hall–Kier alpha value is -3.21. The average Bonchev–Trinajstić information content (AvgIpc) is 3.23. The van der Waals surface area contributed by atoms with E-state index in [4.69, 9.17) is 0 Å². The third kappa shape index (κ3) is 3.28. The molecule has 1 aliphatic heterocycles. The average molecular weight is 347 g/mol. The first-order chi connectivity index (χ1) is 12.7. The van der Waals surface area contributed by atoms with E-state index in [1.807, 2.05) is 41.3 Å². The van der Waals surface area contributed by atoms with Crippen LogP contribution in [0, 0.1) is 5.82 Å². The minimum atomic E-state index is -0.237. The fourth-order valence-corrected chi connectivity index (χ4v) is 3.20. The van der Waals surface area contributed by atoms with Gasteiger partial charge in [-0.15, -0.1) is 0 Å². The molecule has 0 saturated carbocycles. The lowest BCUT2D eigenvalue weighted by molar-refractivity contribution is 0.0773. The first-order valence-electron chi connectivity index (χ1n) is 8.55. The van der Waals surface area contributed by atoms with E-state index in [9.17, 15) is 9.18 Å². The number of nitrogens with one attached hydrogen (secondary N) is 1. The van der Waals surface area contributed by atoms with Gasteiger partial charge in [-0.1, -0.05) is 30.3 Å². The predicted molar refractivity (Wildman–Crippen MR) is 98.9 cm³/mol. The number of nitrogens with zero attached hydrogens (tertiary/aromatic N) is 2. The summed E-state index contributed by atoms with van der Waals surface area (Å²) in [5.74, 6) is -0.222. The molecule has 5 heteroatoms. The van der Waals surface area contributed by atoms with E-state index >= 15 is 0 Å². The van der Waals surface area contributed by atoms with Gasteiger partial charge in [0.15, 0.2) is 0 Å². The van der Waals surface area contributed by atoms with E-state index in [1.54, 1.807) is 18.3 Å². The van der Waals surface area contributed by atoms with Crippen LogP contribution in [0.2, 0.25) is 0 Å². The van der Waals surface area contributed by atoms with E-state index in [-0.39, 0.29) is 11.7 Å². The molecule has 4 rings (SSSR count). The monoisotopic (exact) mass is 347 g/mol. The third-order valence-corrected chi connectivity index (χ3v) is 4.63. The molecule has 0 fully saturated rings. The Morgan fingerprint density at radius 3 is 2.62 bits per heavy atom. The molecule has 1 aliphatic rings. The quantitative estimate of drug-likeness (QED) is 0.774. The number of hydrogen-bond donors (Lipinski definition) is 1. The number of hydrogen-bond acceptors (Lipinski definition) is 2. The van der Waals surface area contributed by atoms with Crippen LogP contribution in [0.1, 0.15) is 22.3 Å². The zero-order valence-electron chi connectivity index (χ0n) is 14.2. The van der Waals surface area contributed by atoms with Crippen molar-refractivity contribution in [1.82, 2.24) is 15.1 Å². The van der Waals surface area contributed by atoms with E-state index in [2.05, 4.69) is 10.2 Å². The lowest BCUT2D eigenvalue weighted by atomic mass is 9.99. The second-order valence-corrected chi connectivity index (χ2v) is 6.29. The molecule has 0 spiro atoms. The number of aromatic nitrogens is 2. The molecule has 0 radical (unpaired) electrons. The van der Waals surface area contributed by atoms with Gasteiger partial charge in [0.2, 0.25) is 0 Å². The minimum absolute atomic E-state index is 0.0146. The highest BCUT2D eigenvalue weighted by Gasteiger charge is 2.19. The Morgan fingerprint density at radius 2 is 1.92 bits per heavy atom. The maximum atomic E-state index is 13.1. The largest absolute Gasteiger partial charge is 0.335 e. The van der Waals surface area contributed by atoms with Crippen LogP contribution in [0.15, 0.2) is 66.9 Å². The van der Waals surface area contributed by atoms with Gasteiger partial charge < -0.3 is 4.90 Å². The van der Waals surface area contributed by atoms with Crippen molar-refractivity contribution in [2.45, 2.75) is 6.42 Å². The highest BCUT2D eigenvalue weighted by Crippen LogP contribution is 2.24. The van der Waals surface area contributed by atoms with Crippen LogP contribution in [-0.4, -0.2) is 34.1 Å². The summed E-state index contributed by atoms with van der Waals surface area (Å²) in [7, 11) is 0. The van der Waals surface area contributed by atoms with Crippen molar-refractivity contribution < 1.29 is 9.18 Å². The van der Waals surface area contributed by atoms with Gasteiger partial charge in [-0.05, 0) is 47.9 Å². The summed E-state index contributed by atoms with van der Waals surface area (Å²) < 4.78 is 13.1. The molecule has 1 aromatic heterocycles. The van der Waals surface area contributed by atoms with Gasteiger partial charge in [0.05, 0.1) is 5.69 Å². The normalized spacial score (nSPS) is 14.2. The van der Waals surface area contributed by atoms with Gasteiger partial charge >= 0.3 is 0 Å². The number of amides is 1. The summed E-state index contributed by atoms with van der Waals surface area (Å²) in [5, 5.41) is 6.87. The van der Waals surface area contributed by atoms with Crippen molar-refractivity contribution in [3.63, 3.8) is 0 Å². The summed E-state index contributed by atoms with van der Waals surface area (Å²) in [5.41, 5.74) is 4.65. The molecule has 26 heavy (non-hydrogen) atoms. The van der Waals surface area contributed by atoms with Crippen molar-refractivity contribution in [1.29, 1.82) is 0 Å². The number of halogens is 1. The Labute approximate surface area is 151 Å². The molecule has 4 nitrogen and oxygen atoms in total. The molecule has 0 bridgehead atoms. The number of carbonyl (C=O) groups excluding carboxylic acids is 1. The molecule has 0 atom stereocenters. The minimum Gasteiger partial charge on any atom is -0.335 e. The van der Waals surface area contributed by atoms with E-state index in [0.717, 1.165) is 28.8 Å². The number of benzene rings is 2. The molecule has 1 amide bonds. The molecule has 0 unspecified atom stereocenters. The van der Waals surface area contributed by atoms with Crippen molar-refractivity contribution in [2.24, 2.45) is 0 Å². The fourth-order valence-electron chi connectivity index (χ4n) is 3.20. The molecule has 2 heterocycles. The number of aromatic amines is 1. The molecule has 0 saturated heterocycles. The van der Waals surface area contributed by atoms with Crippen molar-refractivity contribution >= 4 is 11.5 Å². The Morgan fingerprint density at radius 1 is 1.08 bits per heavy atom. The summed E-state index contributed by atoms with van der Waals surface area (Å²) in [6.45, 7) is 1.20. The van der Waals surface area contributed by atoms with Crippen LogP contribution in [-0.2, 0) is 0 Å². The second-order valence-electron chi connectivity index (χ2n) is 6.29. The van der Waals surface area contributed by atoms with Crippen LogP contribution < -0.4 is 0 Å². The number of rotatable bonds is 3. The molecular weight excluding hydrogens is 329 g/mol. The Balaban J connectivity index is 1.50. The molecule has 1 N–H and O–H groups in total. The SMILES string of the molecule is O=C(c1cccc(-c2ccn[nH]2)c1)N1CC=C(c2ccc(F)cc2)CC1. The highest BCUT2D eigenvalue weighted by atomic mass is 19.1. The van der Waals surface area contributed by atoms with Crippen LogP contribution in [0.25, 0.3) is 16.8 Å². The summed E-state index contributed by atoms with van der Waals surface area (Å²) in [6, 6.07) is 15.9. The molecule has 2 aromatic carbocycles. The predicted octanol–water partition coefficient (Wildman–Crippen LogP) is 4.15. The van der Waals surface area contributed by atoms with Gasteiger partial charge in [0.25, 0.3) is 5.91 Å². The fraction of sp³-hybridized carbons (Fsp3) is 0.143. The van der Waals surface area contributed by atoms with E-state index < -0.39 is 0 Å². The van der Waals surface area contributed by atoms with Crippen LogP contribution >= 0.6 is 0 Å². The maximum absolute atomic E-state index is 13.1. The van der Waals surface area contributed by atoms with Gasteiger partial charge in [-0.3, -0.25) is 9.89 Å². The van der Waals surface area contributed by atoms with Crippen molar-refractivity contribution in [3.8, 4) is 11.3 Å². The number of H-pyrrole nitrogens is 1. The van der Waals surface area contributed by atoms with E-state index in [1.165, 1.54) is 12.1 Å². The molecule has 3 aromatic rings. The van der Waals surface area contributed by atoms with Crippen LogP contribution in [0.3, 0.4) is 0 Å². The van der Waals surface area contributed by atoms with Crippen LogP contribution in [0.4, 0.5) is 4.39 Å². The number of carbonyl (C=O) groups is 1. The molecule has 0 aliphatic carbocycles. The van der Waals surface area contributed by atoms with E-state index in [0.29, 0.717) is 18.7 Å². The van der Waals surface area contributed by atoms with Crippen molar-refractivity contribution in [3.05, 3.63) is 83.8 Å². The zero-order valence-corrected chi connectivity index (χ0v) is 14.2. The standard InChI is InChI=1S/C21H18FN3O/c22-19-6-4-15(5-7-19)16-9-12-25(13-10-16)21(26)18-3-1-2-17(14-18)20-8-11-23-24-20/h1-9,11,14H,10,12-13H2,(H,23,24). The lowest BCUT2D eigenvalue weighted by Crippen LogP contribution is -2.34.